The SMILES string of the molecule is CS(=O)(=O)NS(=O)(=O)C(F)(F)C(F)(F)S(=O)(=O)Oc1ccc(CCOCCCCO)cc1. The number of nitrogens with one attached hydrogen (secondary N) is 1. The molecule has 0 fully saturated rings. The quantitative estimate of drug-likeness (QED) is 0.202. The summed E-state index contributed by atoms with van der Waals surface area (Å²) in [6, 6.07) is 4.21. The maximum Gasteiger partial charge on any atom is 0.459 e. The minimum Gasteiger partial charge on any atom is -0.396 e. The zero-order chi connectivity index (χ0) is 24.8. The van der Waals surface area contributed by atoms with Crippen molar-refractivity contribution in [2.75, 3.05) is 26.1 Å². The third kappa shape index (κ3) is 7.24. The van der Waals surface area contributed by atoms with E-state index < -0.39 is 46.4 Å². The Balaban J connectivity index is 2.92. The van der Waals surface area contributed by atoms with Gasteiger partial charge >= 0.3 is 20.6 Å². The molecule has 1 aromatic rings. The average molecular weight is 532 g/mol. The smallest absolute Gasteiger partial charge is 0.396 e. The Kier molecular flexibility index (Phi) is 9.44. The minimum absolute atomic E-state index is 0.0266. The van der Waals surface area contributed by atoms with Crippen LogP contribution in [0.25, 0.3) is 0 Å². The molecule has 0 bridgehead atoms. The van der Waals surface area contributed by atoms with Gasteiger partial charge in [-0.05, 0) is 37.0 Å². The summed E-state index contributed by atoms with van der Waals surface area (Å²) in [4.78, 5) is 0. The van der Waals surface area contributed by atoms with E-state index in [-0.39, 0.29) is 19.5 Å². The monoisotopic (exact) mass is 531 g/mol. The number of aliphatic hydroxyl groups is 1. The van der Waals surface area contributed by atoms with E-state index in [0.29, 0.717) is 35.6 Å². The van der Waals surface area contributed by atoms with Gasteiger partial charge in [-0.2, -0.15) is 26.0 Å². The second kappa shape index (κ2) is 10.6. The van der Waals surface area contributed by atoms with E-state index in [9.17, 15) is 42.8 Å². The summed E-state index contributed by atoms with van der Waals surface area (Å²) in [5.74, 6) is -0.818. The van der Waals surface area contributed by atoms with Gasteiger partial charge in [0, 0.05) is 13.2 Å². The third-order valence-electron chi connectivity index (χ3n) is 3.61. The summed E-state index contributed by atoms with van der Waals surface area (Å²) in [6.45, 7) is 0.665. The number of sulfonamides is 2. The number of halogens is 4. The number of rotatable bonds is 14. The summed E-state index contributed by atoms with van der Waals surface area (Å²) in [5, 5.41) is -4.11. The van der Waals surface area contributed by atoms with Crippen LogP contribution in [0.4, 0.5) is 17.6 Å². The molecule has 32 heavy (non-hydrogen) atoms. The van der Waals surface area contributed by atoms with Gasteiger partial charge in [0.1, 0.15) is 5.75 Å². The van der Waals surface area contributed by atoms with Crippen molar-refractivity contribution >= 4 is 30.2 Å². The van der Waals surface area contributed by atoms with Crippen LogP contribution in [0.15, 0.2) is 24.3 Å². The van der Waals surface area contributed by atoms with Crippen LogP contribution in [-0.4, -0.2) is 66.9 Å². The van der Waals surface area contributed by atoms with Crippen molar-refractivity contribution in [3.63, 3.8) is 0 Å². The standard InChI is InChI=1S/C15H21F4NO9S3/c1-30(22,23)20-31(24,25)14(16,17)15(18,19)32(26,27)29-13-6-4-12(5-7-13)8-11-28-10-3-2-9-21/h4-7,20-21H,2-3,8-11H2,1H3. The number of hydrogen-bond acceptors (Lipinski definition) is 9. The van der Waals surface area contributed by atoms with Gasteiger partial charge in [0.2, 0.25) is 10.0 Å². The molecule has 0 spiro atoms. The molecule has 1 aromatic carbocycles. The lowest BCUT2D eigenvalue weighted by Gasteiger charge is -2.25. The maximum absolute atomic E-state index is 14.0. The van der Waals surface area contributed by atoms with Gasteiger partial charge in [-0.25, -0.2) is 16.8 Å². The van der Waals surface area contributed by atoms with Crippen LogP contribution in [0.1, 0.15) is 18.4 Å². The van der Waals surface area contributed by atoms with Crippen LogP contribution in [-0.2, 0) is 41.3 Å². The van der Waals surface area contributed by atoms with Crippen molar-refractivity contribution in [2.45, 2.75) is 29.8 Å². The average Bonchev–Trinajstić information content (AvgIpc) is 2.63. The van der Waals surface area contributed by atoms with Crippen LogP contribution in [0.5, 0.6) is 5.75 Å². The minimum atomic E-state index is -6.68. The Morgan fingerprint density at radius 1 is 0.906 bits per heavy atom. The number of unbranched alkanes of at least 4 members (excludes halogenated alkanes) is 1. The molecule has 0 aromatic heterocycles. The lowest BCUT2D eigenvalue weighted by Crippen LogP contribution is -2.57. The van der Waals surface area contributed by atoms with E-state index in [1.165, 1.54) is 12.1 Å². The normalized spacial score (nSPS) is 13.8. The van der Waals surface area contributed by atoms with Crippen LogP contribution in [0.2, 0.25) is 0 Å². The first-order chi connectivity index (χ1) is 14.5. The third-order valence-corrected chi connectivity index (χ3v) is 8.06. The van der Waals surface area contributed by atoms with Gasteiger partial charge in [-0.15, -0.1) is 4.13 Å². The molecule has 10 nitrogen and oxygen atoms in total. The Labute approximate surface area is 182 Å². The molecule has 0 aliphatic rings. The summed E-state index contributed by atoms with van der Waals surface area (Å²) in [7, 11) is -18.2. The van der Waals surface area contributed by atoms with Crippen LogP contribution in [0, 0.1) is 0 Å². The van der Waals surface area contributed by atoms with Crippen molar-refractivity contribution in [3.8, 4) is 5.75 Å². The molecular formula is C15H21F4NO9S3. The van der Waals surface area contributed by atoms with E-state index in [1.807, 2.05) is 0 Å². The number of alkyl halides is 4. The fourth-order valence-electron chi connectivity index (χ4n) is 2.05. The zero-order valence-electron chi connectivity index (χ0n) is 16.5. The van der Waals surface area contributed by atoms with Crippen LogP contribution >= 0.6 is 0 Å². The Hall–Kier alpha value is -1.53. The first-order valence-electron chi connectivity index (χ1n) is 8.67. The molecule has 0 amide bonds. The summed E-state index contributed by atoms with van der Waals surface area (Å²) in [6.07, 6.45) is 1.62. The van der Waals surface area contributed by atoms with Gasteiger partial charge in [-0.1, -0.05) is 12.1 Å². The van der Waals surface area contributed by atoms with Gasteiger partial charge in [0.15, 0.2) is 0 Å². The number of aliphatic hydroxyl groups excluding tert-OH is 1. The lowest BCUT2D eigenvalue weighted by molar-refractivity contribution is -0.101. The van der Waals surface area contributed by atoms with Gasteiger partial charge in [0.05, 0.1) is 12.9 Å². The zero-order valence-corrected chi connectivity index (χ0v) is 19.0. The lowest BCUT2D eigenvalue weighted by atomic mass is 10.1. The highest BCUT2D eigenvalue weighted by Gasteiger charge is 2.75. The molecule has 1 rings (SSSR count). The highest BCUT2D eigenvalue weighted by Crippen LogP contribution is 2.43. The van der Waals surface area contributed by atoms with E-state index in [2.05, 4.69) is 4.18 Å². The highest BCUT2D eigenvalue weighted by atomic mass is 32.3. The van der Waals surface area contributed by atoms with Crippen LogP contribution in [0.3, 0.4) is 0 Å². The summed E-state index contributed by atoms with van der Waals surface area (Å²) < 4.78 is 133. The fourth-order valence-corrected chi connectivity index (χ4v) is 5.77. The Morgan fingerprint density at radius 3 is 1.97 bits per heavy atom. The van der Waals surface area contributed by atoms with Crippen LogP contribution < -0.4 is 8.31 Å². The molecule has 186 valence electrons. The van der Waals surface area contributed by atoms with Gasteiger partial charge in [-0.3, -0.25) is 0 Å². The number of benzene rings is 1. The van der Waals surface area contributed by atoms with E-state index in [1.54, 1.807) is 0 Å². The van der Waals surface area contributed by atoms with Crippen molar-refractivity contribution in [1.29, 1.82) is 0 Å². The molecule has 2 N–H and O–H groups in total. The van der Waals surface area contributed by atoms with E-state index in [4.69, 9.17) is 9.84 Å². The molecule has 0 radical (unpaired) electrons. The first-order valence-corrected chi connectivity index (χ1v) is 13.5. The molecule has 0 unspecified atom stereocenters. The second-order valence-electron chi connectivity index (χ2n) is 6.37. The molecule has 0 atom stereocenters. The molecule has 17 heteroatoms. The molecule has 0 saturated heterocycles. The topological polar surface area (TPSA) is 153 Å². The van der Waals surface area contributed by atoms with Gasteiger partial charge < -0.3 is 14.0 Å². The van der Waals surface area contributed by atoms with Crippen molar-refractivity contribution in [3.05, 3.63) is 29.8 Å². The molecular weight excluding hydrogens is 510 g/mol. The van der Waals surface area contributed by atoms with E-state index >= 15 is 0 Å². The first kappa shape index (κ1) is 28.5. The predicted molar refractivity (Wildman–Crippen MR) is 104 cm³/mol. The predicted octanol–water partition coefficient (Wildman–Crippen LogP) is 0.791. The fraction of sp³-hybridized carbons (Fsp3) is 0.600. The number of hydrogen-bond donors (Lipinski definition) is 2. The number of ether oxygens (including phenoxy) is 1. The maximum atomic E-state index is 14.0. The molecule has 0 saturated carbocycles. The Morgan fingerprint density at radius 2 is 1.47 bits per heavy atom. The van der Waals surface area contributed by atoms with Crippen molar-refractivity contribution in [2.24, 2.45) is 0 Å². The molecule has 0 aliphatic heterocycles. The van der Waals surface area contributed by atoms with Crippen molar-refractivity contribution in [1.82, 2.24) is 4.13 Å². The Bertz CT molecular complexity index is 1070. The summed E-state index contributed by atoms with van der Waals surface area (Å²) in [5.41, 5.74) is 0.550. The molecule has 0 aliphatic carbocycles. The largest absolute Gasteiger partial charge is 0.459 e. The van der Waals surface area contributed by atoms with E-state index in [0.717, 1.165) is 12.1 Å². The van der Waals surface area contributed by atoms with Crippen molar-refractivity contribution < 1.29 is 56.8 Å². The second-order valence-corrected chi connectivity index (χ2v) is 11.7. The molecule has 0 heterocycles. The van der Waals surface area contributed by atoms with Gasteiger partial charge in [0.25, 0.3) is 10.0 Å². The highest BCUT2D eigenvalue weighted by molar-refractivity contribution is 8.05. The summed E-state index contributed by atoms with van der Waals surface area (Å²) >= 11 is 0.